The van der Waals surface area contributed by atoms with Crippen molar-refractivity contribution >= 4 is 18.0 Å². The highest BCUT2D eigenvalue weighted by Crippen LogP contribution is 2.39. The van der Waals surface area contributed by atoms with Crippen molar-refractivity contribution in [3.8, 4) is 0 Å². The first-order chi connectivity index (χ1) is 9.10. The molecule has 0 spiro atoms. The zero-order valence-corrected chi connectivity index (χ0v) is 13.8. The fraction of sp³-hybridized carbons (Fsp3) is 0.933. The van der Waals surface area contributed by atoms with Gasteiger partial charge in [0.2, 0.25) is 0 Å². The number of hydrogen-bond donors (Lipinski definition) is 2. The van der Waals surface area contributed by atoms with Crippen LogP contribution in [0.25, 0.3) is 0 Å². The van der Waals surface area contributed by atoms with Crippen molar-refractivity contribution in [2.24, 2.45) is 5.73 Å². The van der Waals surface area contributed by atoms with Gasteiger partial charge >= 0.3 is 6.03 Å². The van der Waals surface area contributed by atoms with Crippen molar-refractivity contribution in [1.29, 1.82) is 0 Å². The maximum atomic E-state index is 11.0. The van der Waals surface area contributed by atoms with Crippen LogP contribution in [0, 0.1) is 0 Å². The molecule has 0 saturated carbocycles. The monoisotopic (exact) mass is 288 g/mol. The Balaban J connectivity index is 4.57. The van der Waals surface area contributed by atoms with E-state index in [9.17, 15) is 4.79 Å². The van der Waals surface area contributed by atoms with Crippen LogP contribution in [0.4, 0.5) is 4.79 Å². The second kappa shape index (κ2) is 11.4. The highest BCUT2D eigenvalue weighted by Gasteiger charge is 2.30. The van der Waals surface area contributed by atoms with Crippen molar-refractivity contribution in [2.75, 3.05) is 0 Å². The van der Waals surface area contributed by atoms with Gasteiger partial charge in [-0.15, -0.1) is 0 Å². The number of amides is 2. The zero-order valence-electron chi connectivity index (χ0n) is 13.0. The van der Waals surface area contributed by atoms with Crippen LogP contribution in [-0.2, 0) is 0 Å². The molecule has 0 radical (unpaired) electrons. The molecule has 0 aliphatic rings. The topological polar surface area (TPSA) is 55.1 Å². The van der Waals surface area contributed by atoms with Gasteiger partial charge < -0.3 is 5.73 Å². The number of rotatable bonds is 12. The number of hydrogen-bond acceptors (Lipinski definition) is 2. The molecule has 0 bridgehead atoms. The number of urea groups is 1. The summed E-state index contributed by atoms with van der Waals surface area (Å²) in [5.74, 6) is 0. The van der Waals surface area contributed by atoms with Gasteiger partial charge in [-0.3, -0.25) is 4.72 Å². The molecule has 0 unspecified atom stereocenters. The molecule has 4 heteroatoms. The number of carbonyl (C=O) groups is 1. The van der Waals surface area contributed by atoms with Crippen molar-refractivity contribution in [3.05, 3.63) is 0 Å². The van der Waals surface area contributed by atoms with E-state index in [0.717, 1.165) is 0 Å². The van der Waals surface area contributed by atoms with Crippen LogP contribution in [0.15, 0.2) is 0 Å². The molecular weight excluding hydrogens is 256 g/mol. The van der Waals surface area contributed by atoms with Crippen LogP contribution in [0.3, 0.4) is 0 Å². The Labute approximate surface area is 123 Å². The molecule has 3 N–H and O–H groups in total. The van der Waals surface area contributed by atoms with Crippen molar-refractivity contribution < 1.29 is 4.79 Å². The lowest BCUT2D eigenvalue weighted by molar-refractivity contribution is 0.254. The van der Waals surface area contributed by atoms with Crippen LogP contribution >= 0.6 is 11.9 Å². The molecule has 0 saturated heterocycles. The Kier molecular flexibility index (Phi) is 11.2. The third-order valence-electron chi connectivity index (χ3n) is 3.58. The summed E-state index contributed by atoms with van der Waals surface area (Å²) in [7, 11) is 0. The summed E-state index contributed by atoms with van der Waals surface area (Å²) in [6.45, 7) is 6.68. The molecule has 0 rings (SSSR count). The lowest BCUT2D eigenvalue weighted by atomic mass is 9.89. The van der Waals surface area contributed by atoms with E-state index in [1.54, 1.807) is 11.9 Å². The second-order valence-electron chi connectivity index (χ2n) is 5.42. The molecule has 0 heterocycles. The van der Waals surface area contributed by atoms with Gasteiger partial charge in [0.05, 0.1) is 0 Å². The molecule has 3 nitrogen and oxygen atoms in total. The Morgan fingerprint density at radius 1 is 0.947 bits per heavy atom. The first-order valence-corrected chi connectivity index (χ1v) is 8.65. The fourth-order valence-corrected chi connectivity index (χ4v) is 3.44. The second-order valence-corrected chi connectivity index (χ2v) is 6.69. The van der Waals surface area contributed by atoms with Gasteiger partial charge in [-0.1, -0.05) is 65.7 Å². The fourth-order valence-electron chi connectivity index (χ4n) is 2.38. The summed E-state index contributed by atoms with van der Waals surface area (Å²) >= 11 is 1.58. The first-order valence-electron chi connectivity index (χ1n) is 7.83. The quantitative estimate of drug-likeness (QED) is 0.392. The highest BCUT2D eigenvalue weighted by atomic mass is 32.2. The third-order valence-corrected chi connectivity index (χ3v) is 4.92. The summed E-state index contributed by atoms with van der Waals surface area (Å²) < 4.78 is 2.98. The highest BCUT2D eigenvalue weighted by molar-refractivity contribution is 7.99. The zero-order chi connectivity index (χ0) is 14.6. The van der Waals surface area contributed by atoms with Gasteiger partial charge in [-0.2, -0.15) is 0 Å². The van der Waals surface area contributed by atoms with Gasteiger partial charge in [-0.25, -0.2) is 4.79 Å². The van der Waals surface area contributed by atoms with Gasteiger partial charge in [0.25, 0.3) is 0 Å². The van der Waals surface area contributed by atoms with E-state index in [2.05, 4.69) is 25.5 Å². The van der Waals surface area contributed by atoms with Crippen LogP contribution in [-0.4, -0.2) is 10.8 Å². The molecule has 114 valence electrons. The SMILES string of the molecule is CCCCCC(CCCC)(CCCC)SNC(N)=O. The van der Waals surface area contributed by atoms with Gasteiger partial charge in [0.1, 0.15) is 0 Å². The van der Waals surface area contributed by atoms with Gasteiger partial charge in [0.15, 0.2) is 0 Å². The summed E-state index contributed by atoms with van der Waals surface area (Å²) in [4.78, 5) is 11.0. The summed E-state index contributed by atoms with van der Waals surface area (Å²) in [5, 5.41) is 0. The minimum Gasteiger partial charge on any atom is -0.351 e. The van der Waals surface area contributed by atoms with Crippen LogP contribution in [0.2, 0.25) is 0 Å². The van der Waals surface area contributed by atoms with E-state index in [1.807, 2.05) is 0 Å². The lowest BCUT2D eigenvalue weighted by Gasteiger charge is -2.33. The maximum absolute atomic E-state index is 11.0. The Hall–Kier alpha value is -0.380. The number of carbonyl (C=O) groups excluding carboxylic acids is 1. The predicted molar refractivity (Wildman–Crippen MR) is 86.2 cm³/mol. The number of unbranched alkanes of at least 4 members (excludes halogenated alkanes) is 4. The minimum atomic E-state index is -0.419. The lowest BCUT2D eigenvalue weighted by Crippen LogP contribution is -2.34. The van der Waals surface area contributed by atoms with E-state index < -0.39 is 6.03 Å². The van der Waals surface area contributed by atoms with Gasteiger partial charge in [0, 0.05) is 4.75 Å². The molecule has 2 amide bonds. The summed E-state index contributed by atoms with van der Waals surface area (Å²) in [6.07, 6.45) is 12.2. The van der Waals surface area contributed by atoms with E-state index in [1.165, 1.54) is 64.2 Å². The molecule has 0 aliphatic heterocycles. The predicted octanol–water partition coefficient (Wildman–Crippen LogP) is 5.00. The van der Waals surface area contributed by atoms with Crippen LogP contribution in [0.1, 0.15) is 85.0 Å². The van der Waals surface area contributed by atoms with Crippen LogP contribution in [0.5, 0.6) is 0 Å². The van der Waals surface area contributed by atoms with E-state index in [0.29, 0.717) is 0 Å². The molecule has 0 aromatic rings. The Morgan fingerprint density at radius 2 is 1.42 bits per heavy atom. The van der Waals surface area contributed by atoms with E-state index >= 15 is 0 Å². The normalized spacial score (nSPS) is 11.5. The van der Waals surface area contributed by atoms with E-state index in [-0.39, 0.29) is 4.75 Å². The van der Waals surface area contributed by atoms with Crippen molar-refractivity contribution in [1.82, 2.24) is 4.72 Å². The van der Waals surface area contributed by atoms with Gasteiger partial charge in [-0.05, 0) is 31.2 Å². The van der Waals surface area contributed by atoms with Crippen LogP contribution < -0.4 is 10.5 Å². The van der Waals surface area contributed by atoms with Crippen molar-refractivity contribution in [3.63, 3.8) is 0 Å². The average Bonchev–Trinajstić information content (AvgIpc) is 2.40. The molecule has 0 atom stereocenters. The molecule has 0 aliphatic carbocycles. The molecule has 19 heavy (non-hydrogen) atoms. The van der Waals surface area contributed by atoms with Crippen molar-refractivity contribution in [2.45, 2.75) is 89.7 Å². The number of primary amides is 1. The standard InChI is InChI=1S/C15H32N2OS/c1-4-7-10-13-15(11-8-5-2,12-9-6-3)19-17-14(16)18/h4-13H2,1-3H3,(H3,16,17,18). The minimum absolute atomic E-state index is 0.191. The Bertz CT molecular complexity index is 226. The molecule has 0 aromatic carbocycles. The van der Waals surface area contributed by atoms with E-state index in [4.69, 9.17) is 5.73 Å². The molecule has 0 fully saturated rings. The summed E-state index contributed by atoms with van der Waals surface area (Å²) in [6, 6.07) is -0.419. The average molecular weight is 289 g/mol. The third kappa shape index (κ3) is 9.20. The number of nitrogens with two attached hydrogens (primary N) is 1. The maximum Gasteiger partial charge on any atom is 0.322 e. The first kappa shape index (κ1) is 18.6. The molecular formula is C15H32N2OS. The molecule has 0 aromatic heterocycles. The Morgan fingerprint density at radius 3 is 1.84 bits per heavy atom. The summed E-state index contributed by atoms with van der Waals surface area (Å²) in [5.41, 5.74) is 5.24. The number of nitrogens with one attached hydrogen (secondary N) is 1. The smallest absolute Gasteiger partial charge is 0.322 e. The largest absolute Gasteiger partial charge is 0.351 e.